The summed E-state index contributed by atoms with van der Waals surface area (Å²) >= 11 is 0. The number of halogens is 3. The van der Waals surface area contributed by atoms with Crippen molar-refractivity contribution in [2.75, 3.05) is 45.2 Å². The molecule has 6 nitrogen and oxygen atoms in total. The summed E-state index contributed by atoms with van der Waals surface area (Å²) < 4.78 is 43.3. The Balaban J connectivity index is 1.90. The molecule has 1 aliphatic rings. The maximum Gasteiger partial charge on any atom is 0.418 e. The standard InChI is InChI=1S/C15H18F3N3O3/c1-24-14(23)21-8-6-20(7-9-21)10-13(22)19-12-5-3-2-4-11(12)15(16,17)18/h2-5H,6-10H2,1H3,(H,19,22). The molecule has 1 aromatic carbocycles. The number of benzene rings is 1. The minimum Gasteiger partial charge on any atom is -0.453 e. The number of rotatable bonds is 3. The van der Waals surface area contributed by atoms with Crippen molar-refractivity contribution in [1.29, 1.82) is 0 Å². The highest BCUT2D eigenvalue weighted by Gasteiger charge is 2.33. The van der Waals surface area contributed by atoms with E-state index in [1.807, 2.05) is 0 Å². The van der Waals surface area contributed by atoms with Gasteiger partial charge in [-0.05, 0) is 12.1 Å². The molecule has 0 aliphatic carbocycles. The van der Waals surface area contributed by atoms with E-state index in [0.29, 0.717) is 26.2 Å². The normalized spacial score (nSPS) is 15.9. The maximum atomic E-state index is 12.9. The Bertz CT molecular complexity index is 599. The van der Waals surface area contributed by atoms with Gasteiger partial charge in [-0.25, -0.2) is 4.79 Å². The molecule has 1 heterocycles. The van der Waals surface area contributed by atoms with Crippen molar-refractivity contribution < 1.29 is 27.5 Å². The molecule has 1 fully saturated rings. The molecule has 0 bridgehead atoms. The van der Waals surface area contributed by atoms with Crippen LogP contribution in [-0.4, -0.2) is 61.6 Å². The van der Waals surface area contributed by atoms with Gasteiger partial charge >= 0.3 is 12.3 Å². The summed E-state index contributed by atoms with van der Waals surface area (Å²) in [5.41, 5.74) is -1.14. The molecule has 132 valence electrons. The minimum absolute atomic E-state index is 0.0405. The van der Waals surface area contributed by atoms with Gasteiger partial charge < -0.3 is 15.0 Å². The average Bonchev–Trinajstić information content (AvgIpc) is 2.54. The van der Waals surface area contributed by atoms with Gasteiger partial charge in [0, 0.05) is 26.2 Å². The summed E-state index contributed by atoms with van der Waals surface area (Å²) in [5, 5.41) is 2.30. The maximum absolute atomic E-state index is 12.9. The van der Waals surface area contributed by atoms with Crippen LogP contribution in [0.1, 0.15) is 5.56 Å². The molecule has 0 aromatic heterocycles. The van der Waals surface area contributed by atoms with Gasteiger partial charge in [-0.1, -0.05) is 12.1 Å². The van der Waals surface area contributed by atoms with Gasteiger partial charge in [0.05, 0.1) is 24.9 Å². The lowest BCUT2D eigenvalue weighted by atomic mass is 10.1. The number of carbonyl (C=O) groups is 2. The van der Waals surface area contributed by atoms with Crippen LogP contribution in [0.3, 0.4) is 0 Å². The van der Waals surface area contributed by atoms with E-state index in [-0.39, 0.29) is 12.2 Å². The molecule has 0 saturated carbocycles. The van der Waals surface area contributed by atoms with Crippen LogP contribution in [0.4, 0.5) is 23.7 Å². The topological polar surface area (TPSA) is 61.9 Å². The first-order valence-electron chi connectivity index (χ1n) is 7.32. The van der Waals surface area contributed by atoms with Crippen molar-refractivity contribution >= 4 is 17.7 Å². The Hall–Kier alpha value is -2.29. The number of alkyl halides is 3. The third kappa shape index (κ3) is 4.60. The SMILES string of the molecule is COC(=O)N1CCN(CC(=O)Nc2ccccc2C(F)(F)F)CC1. The minimum atomic E-state index is -4.53. The Labute approximate surface area is 137 Å². The van der Waals surface area contributed by atoms with E-state index in [9.17, 15) is 22.8 Å². The molecule has 1 N–H and O–H groups in total. The first-order valence-corrected chi connectivity index (χ1v) is 7.32. The third-order valence-electron chi connectivity index (χ3n) is 3.68. The monoisotopic (exact) mass is 345 g/mol. The Kier molecular flexibility index (Phi) is 5.66. The average molecular weight is 345 g/mol. The molecule has 2 amide bonds. The van der Waals surface area contributed by atoms with Gasteiger partial charge in [0.2, 0.25) is 5.91 Å². The predicted octanol–water partition coefficient (Wildman–Crippen LogP) is 2.03. The van der Waals surface area contributed by atoms with Crippen molar-refractivity contribution in [3.63, 3.8) is 0 Å². The zero-order valence-electron chi connectivity index (χ0n) is 13.1. The lowest BCUT2D eigenvalue weighted by molar-refractivity contribution is -0.137. The van der Waals surface area contributed by atoms with E-state index in [2.05, 4.69) is 10.1 Å². The number of hydrogen-bond donors (Lipinski definition) is 1. The van der Waals surface area contributed by atoms with Crippen LogP contribution in [0.2, 0.25) is 0 Å². The number of nitrogens with one attached hydrogen (secondary N) is 1. The molecule has 1 saturated heterocycles. The van der Waals surface area contributed by atoms with Gasteiger partial charge in [0.1, 0.15) is 0 Å². The van der Waals surface area contributed by atoms with E-state index < -0.39 is 23.7 Å². The molecule has 2 rings (SSSR count). The van der Waals surface area contributed by atoms with Gasteiger partial charge in [0.25, 0.3) is 0 Å². The molecule has 0 atom stereocenters. The quantitative estimate of drug-likeness (QED) is 0.911. The number of methoxy groups -OCH3 is 1. The first kappa shape index (κ1) is 18.1. The lowest BCUT2D eigenvalue weighted by Crippen LogP contribution is -2.50. The molecule has 9 heteroatoms. The molecule has 0 unspecified atom stereocenters. The third-order valence-corrected chi connectivity index (χ3v) is 3.68. The number of amides is 2. The zero-order chi connectivity index (χ0) is 17.7. The van der Waals surface area contributed by atoms with E-state index in [1.54, 1.807) is 4.90 Å². The molecular weight excluding hydrogens is 327 g/mol. The van der Waals surface area contributed by atoms with E-state index in [4.69, 9.17) is 0 Å². The van der Waals surface area contributed by atoms with Crippen LogP contribution in [0, 0.1) is 0 Å². The number of ether oxygens (including phenoxy) is 1. The zero-order valence-corrected chi connectivity index (χ0v) is 13.1. The smallest absolute Gasteiger partial charge is 0.418 e. The van der Waals surface area contributed by atoms with Crippen LogP contribution < -0.4 is 5.32 Å². The second kappa shape index (κ2) is 7.52. The first-order chi connectivity index (χ1) is 11.3. The largest absolute Gasteiger partial charge is 0.453 e. The van der Waals surface area contributed by atoms with Crippen LogP contribution >= 0.6 is 0 Å². The lowest BCUT2D eigenvalue weighted by Gasteiger charge is -2.33. The molecule has 24 heavy (non-hydrogen) atoms. The second-order valence-electron chi connectivity index (χ2n) is 5.32. The second-order valence-corrected chi connectivity index (χ2v) is 5.32. The number of nitrogens with zero attached hydrogens (tertiary/aromatic N) is 2. The molecule has 1 aliphatic heterocycles. The molecule has 0 spiro atoms. The fourth-order valence-electron chi connectivity index (χ4n) is 2.45. The summed E-state index contributed by atoms with van der Waals surface area (Å²) in [7, 11) is 1.29. The number of para-hydroxylation sites is 1. The summed E-state index contributed by atoms with van der Waals surface area (Å²) in [6, 6.07) is 4.84. The Morgan fingerprint density at radius 2 is 1.79 bits per heavy atom. The van der Waals surface area contributed by atoms with E-state index in [0.717, 1.165) is 6.07 Å². The Morgan fingerprint density at radius 1 is 1.17 bits per heavy atom. The number of carbonyl (C=O) groups excluding carboxylic acids is 2. The molecule has 0 radical (unpaired) electrons. The summed E-state index contributed by atoms with van der Waals surface area (Å²) in [4.78, 5) is 26.6. The van der Waals surface area contributed by atoms with Crippen molar-refractivity contribution in [3.05, 3.63) is 29.8 Å². The molecule has 1 aromatic rings. The van der Waals surface area contributed by atoms with E-state index >= 15 is 0 Å². The van der Waals surface area contributed by atoms with Crippen molar-refractivity contribution in [3.8, 4) is 0 Å². The number of hydrogen-bond acceptors (Lipinski definition) is 4. The van der Waals surface area contributed by atoms with Gasteiger partial charge in [-0.2, -0.15) is 13.2 Å². The molecular formula is C15H18F3N3O3. The summed E-state index contributed by atoms with van der Waals surface area (Å²) in [5.74, 6) is -0.529. The summed E-state index contributed by atoms with van der Waals surface area (Å²) in [6.45, 7) is 1.66. The van der Waals surface area contributed by atoms with Crippen LogP contribution in [0.15, 0.2) is 24.3 Å². The van der Waals surface area contributed by atoms with Crippen molar-refractivity contribution in [2.24, 2.45) is 0 Å². The van der Waals surface area contributed by atoms with Gasteiger partial charge in [-0.15, -0.1) is 0 Å². The van der Waals surface area contributed by atoms with Gasteiger partial charge in [-0.3, -0.25) is 9.69 Å². The Morgan fingerprint density at radius 3 is 2.38 bits per heavy atom. The van der Waals surface area contributed by atoms with Crippen LogP contribution in [0.5, 0.6) is 0 Å². The van der Waals surface area contributed by atoms with Crippen LogP contribution in [-0.2, 0) is 15.7 Å². The summed E-state index contributed by atoms with van der Waals surface area (Å²) in [6.07, 6.45) is -4.96. The van der Waals surface area contributed by atoms with Crippen molar-refractivity contribution in [1.82, 2.24) is 9.80 Å². The highest BCUT2D eigenvalue weighted by Crippen LogP contribution is 2.34. The van der Waals surface area contributed by atoms with E-state index in [1.165, 1.54) is 30.2 Å². The van der Waals surface area contributed by atoms with Gasteiger partial charge in [0.15, 0.2) is 0 Å². The fourth-order valence-corrected chi connectivity index (χ4v) is 2.45. The van der Waals surface area contributed by atoms with Crippen LogP contribution in [0.25, 0.3) is 0 Å². The number of anilines is 1. The predicted molar refractivity (Wildman–Crippen MR) is 80.5 cm³/mol. The fraction of sp³-hybridized carbons (Fsp3) is 0.467. The highest BCUT2D eigenvalue weighted by atomic mass is 19.4. The van der Waals surface area contributed by atoms with Crippen molar-refractivity contribution in [2.45, 2.75) is 6.18 Å². The highest BCUT2D eigenvalue weighted by molar-refractivity contribution is 5.93. The number of piperazine rings is 1.